The second kappa shape index (κ2) is 45.1. The summed E-state index contributed by atoms with van der Waals surface area (Å²) < 4.78 is 0. The minimum Gasteiger partial charge on any atom is -0.222 e. The van der Waals surface area contributed by atoms with Crippen molar-refractivity contribution in [2.45, 2.75) is 129 Å². The van der Waals surface area contributed by atoms with Gasteiger partial charge in [-0.25, -0.2) is 30.6 Å². The van der Waals surface area contributed by atoms with Gasteiger partial charge in [-0.15, -0.1) is 0 Å². The maximum Gasteiger partial charge on any atom is 0.231 e. The predicted molar refractivity (Wildman–Crippen MR) is 120 cm³/mol. The molecule has 6 nitrogen and oxygen atoms in total. The van der Waals surface area contributed by atoms with Gasteiger partial charge in [-0.2, -0.15) is 0 Å². The van der Waals surface area contributed by atoms with Crippen molar-refractivity contribution >= 4 is 18.2 Å². The standard InChI is InChI=1S/C20H42.3CHNO/c1-3-5-7-9-11-13-15-17-19-20-18-16-14-12-10-8-6-4-2;3*2-1-3/h3-20H2,1-2H3;3*2H. The lowest BCUT2D eigenvalue weighted by Gasteiger charge is -2.03. The van der Waals surface area contributed by atoms with E-state index in [0.29, 0.717) is 0 Å². The fourth-order valence-electron chi connectivity index (χ4n) is 2.97. The second-order valence-electron chi connectivity index (χ2n) is 6.96. The van der Waals surface area contributed by atoms with Crippen LogP contribution in [0.4, 0.5) is 0 Å². The Kier molecular flexibility index (Phi) is 53.9. The molecule has 0 aliphatic carbocycles. The molecule has 3 N–H and O–H groups in total. The zero-order chi connectivity index (χ0) is 22.8. The number of carbonyl (C=O) groups excluding carboxylic acids is 3. The zero-order valence-corrected chi connectivity index (χ0v) is 19.0. The van der Waals surface area contributed by atoms with Crippen LogP contribution in [0.2, 0.25) is 0 Å². The maximum atomic E-state index is 8.35. The van der Waals surface area contributed by atoms with Crippen molar-refractivity contribution in [1.29, 1.82) is 16.2 Å². The van der Waals surface area contributed by atoms with Gasteiger partial charge in [0.05, 0.1) is 0 Å². The third-order valence-corrected chi connectivity index (χ3v) is 4.46. The van der Waals surface area contributed by atoms with Crippen LogP contribution >= 0.6 is 0 Å². The molecular weight excluding hydrogens is 366 g/mol. The first-order valence-corrected chi connectivity index (χ1v) is 11.3. The number of hydrogen-bond acceptors (Lipinski definition) is 6. The molecular formula is C23H45N3O3. The normalized spacial score (nSPS) is 8.48. The van der Waals surface area contributed by atoms with Crippen LogP contribution < -0.4 is 0 Å². The first kappa shape index (κ1) is 34.6. The Morgan fingerprint density at radius 3 is 0.586 bits per heavy atom. The van der Waals surface area contributed by atoms with E-state index in [0.717, 1.165) is 18.2 Å². The van der Waals surface area contributed by atoms with Crippen molar-refractivity contribution in [3.8, 4) is 0 Å². The van der Waals surface area contributed by atoms with Gasteiger partial charge in [-0.05, 0) is 0 Å². The molecule has 0 spiro atoms. The van der Waals surface area contributed by atoms with Crippen LogP contribution in [0.3, 0.4) is 0 Å². The fourth-order valence-corrected chi connectivity index (χ4v) is 2.97. The number of nitrogens with one attached hydrogen (secondary N) is 3. The molecule has 29 heavy (non-hydrogen) atoms. The third-order valence-electron chi connectivity index (χ3n) is 4.46. The number of hydrogen-bond donors (Lipinski definition) is 3. The molecule has 0 saturated carbocycles. The molecule has 0 radical (unpaired) electrons. The molecule has 170 valence electrons. The molecule has 6 heteroatoms. The van der Waals surface area contributed by atoms with Crippen LogP contribution in [0.15, 0.2) is 0 Å². The molecule has 0 atom stereocenters. The third kappa shape index (κ3) is 66.5. The highest BCUT2D eigenvalue weighted by molar-refractivity contribution is 5.26. The van der Waals surface area contributed by atoms with Crippen molar-refractivity contribution in [2.24, 2.45) is 0 Å². The predicted octanol–water partition coefficient (Wildman–Crippen LogP) is 7.75. The smallest absolute Gasteiger partial charge is 0.222 e. The minimum absolute atomic E-state index is 0.750. The van der Waals surface area contributed by atoms with Crippen molar-refractivity contribution < 1.29 is 14.4 Å². The van der Waals surface area contributed by atoms with Gasteiger partial charge in [0.25, 0.3) is 0 Å². The lowest BCUT2D eigenvalue weighted by Crippen LogP contribution is -1.83. The summed E-state index contributed by atoms with van der Waals surface area (Å²) in [7, 11) is 0. The first-order valence-electron chi connectivity index (χ1n) is 11.3. The summed E-state index contributed by atoms with van der Waals surface area (Å²) in [6.07, 6.45) is 28.7. The van der Waals surface area contributed by atoms with Gasteiger partial charge in [0.1, 0.15) is 0 Å². The Morgan fingerprint density at radius 1 is 0.379 bits per heavy atom. The van der Waals surface area contributed by atoms with E-state index in [-0.39, 0.29) is 0 Å². The van der Waals surface area contributed by atoms with E-state index in [2.05, 4.69) is 13.8 Å². The van der Waals surface area contributed by atoms with Crippen LogP contribution in [-0.2, 0) is 14.4 Å². The highest BCUT2D eigenvalue weighted by Crippen LogP contribution is 2.14. The molecule has 0 aliphatic heterocycles. The summed E-state index contributed by atoms with van der Waals surface area (Å²) in [6.45, 7) is 4.59. The van der Waals surface area contributed by atoms with Crippen molar-refractivity contribution in [2.75, 3.05) is 0 Å². The Labute approximate surface area is 178 Å². The van der Waals surface area contributed by atoms with E-state index in [1.54, 1.807) is 0 Å². The van der Waals surface area contributed by atoms with Crippen LogP contribution in [0.5, 0.6) is 0 Å². The molecule has 0 amide bonds. The van der Waals surface area contributed by atoms with Crippen LogP contribution in [-0.4, -0.2) is 18.2 Å². The van der Waals surface area contributed by atoms with E-state index in [1.807, 2.05) is 0 Å². The van der Waals surface area contributed by atoms with E-state index in [4.69, 9.17) is 30.6 Å². The second-order valence-corrected chi connectivity index (χ2v) is 6.96. The highest BCUT2D eigenvalue weighted by Gasteiger charge is 1.94. The SMILES string of the molecule is CCCCCCCCCCCCCCCCCCCC.N=C=O.N=C=O.N=C=O. The summed E-state index contributed by atoms with van der Waals surface area (Å²) >= 11 is 0. The van der Waals surface area contributed by atoms with E-state index in [9.17, 15) is 0 Å². The largest absolute Gasteiger partial charge is 0.231 e. The Morgan fingerprint density at radius 2 is 0.483 bits per heavy atom. The molecule has 0 aromatic carbocycles. The molecule has 0 aromatic rings. The van der Waals surface area contributed by atoms with Crippen molar-refractivity contribution in [3.63, 3.8) is 0 Å². The minimum atomic E-state index is 0.750. The van der Waals surface area contributed by atoms with Crippen LogP contribution in [0, 0.1) is 16.2 Å². The van der Waals surface area contributed by atoms with E-state index in [1.165, 1.54) is 116 Å². The summed E-state index contributed by atoms with van der Waals surface area (Å²) in [5, 5.41) is 16.2. The lowest BCUT2D eigenvalue weighted by molar-refractivity contribution is 0.526. The van der Waals surface area contributed by atoms with Gasteiger partial charge in [0.2, 0.25) is 18.2 Å². The van der Waals surface area contributed by atoms with Gasteiger partial charge in [0.15, 0.2) is 0 Å². The average Bonchev–Trinajstić information content (AvgIpc) is 2.69. The molecule has 0 aliphatic rings. The summed E-state index contributed by atoms with van der Waals surface area (Å²) in [5.74, 6) is 0. The number of rotatable bonds is 17. The Balaban J connectivity index is -0.000000293. The molecule has 0 aromatic heterocycles. The molecule has 0 bridgehead atoms. The van der Waals surface area contributed by atoms with Gasteiger partial charge >= 0.3 is 0 Å². The Bertz CT molecular complexity index is 323. The van der Waals surface area contributed by atoms with E-state index < -0.39 is 0 Å². The molecule has 0 heterocycles. The monoisotopic (exact) mass is 411 g/mol. The quantitative estimate of drug-likeness (QED) is 0.129. The topological polar surface area (TPSA) is 123 Å². The van der Waals surface area contributed by atoms with Crippen LogP contribution in [0.1, 0.15) is 129 Å². The Hall–Kier alpha value is -1.86. The van der Waals surface area contributed by atoms with E-state index >= 15 is 0 Å². The summed E-state index contributed by atoms with van der Waals surface area (Å²) in [4.78, 5) is 25.0. The first-order chi connectivity index (χ1) is 14.2. The summed E-state index contributed by atoms with van der Waals surface area (Å²) in [5.41, 5.74) is 0. The fraction of sp³-hybridized carbons (Fsp3) is 0.870. The summed E-state index contributed by atoms with van der Waals surface area (Å²) in [6, 6.07) is 0. The molecule has 0 fully saturated rings. The van der Waals surface area contributed by atoms with Gasteiger partial charge < -0.3 is 0 Å². The maximum absolute atomic E-state index is 8.35. The van der Waals surface area contributed by atoms with Gasteiger partial charge in [-0.3, -0.25) is 0 Å². The molecule has 0 saturated heterocycles. The van der Waals surface area contributed by atoms with Gasteiger partial charge in [0, 0.05) is 0 Å². The molecule has 0 unspecified atom stereocenters. The lowest BCUT2D eigenvalue weighted by atomic mass is 10.0. The number of unbranched alkanes of at least 4 members (excludes halogenated alkanes) is 17. The van der Waals surface area contributed by atoms with Gasteiger partial charge in [-0.1, -0.05) is 129 Å². The number of isocyanates is 3. The average molecular weight is 412 g/mol. The van der Waals surface area contributed by atoms with Crippen molar-refractivity contribution in [1.82, 2.24) is 0 Å². The van der Waals surface area contributed by atoms with Crippen molar-refractivity contribution in [3.05, 3.63) is 0 Å². The highest BCUT2D eigenvalue weighted by atomic mass is 16.1. The molecule has 0 rings (SSSR count). The van der Waals surface area contributed by atoms with Crippen LogP contribution in [0.25, 0.3) is 0 Å². The zero-order valence-electron chi connectivity index (χ0n) is 19.0.